The summed E-state index contributed by atoms with van der Waals surface area (Å²) in [5.41, 5.74) is -4.40. The number of pyridine rings is 1. The molecule has 5 atom stereocenters. The predicted molar refractivity (Wildman–Crippen MR) is 205 cm³/mol. The fraction of sp³-hybridized carbons (Fsp3) is 0.634. The van der Waals surface area contributed by atoms with E-state index in [-0.39, 0.29) is 79.8 Å². The third-order valence-electron chi connectivity index (χ3n) is 12.4. The number of esters is 1. The van der Waals surface area contributed by atoms with Gasteiger partial charge < -0.3 is 24.4 Å². The highest BCUT2D eigenvalue weighted by molar-refractivity contribution is 7.91. The number of hydrogen-bond donors (Lipinski definition) is 2. The summed E-state index contributed by atoms with van der Waals surface area (Å²) in [6, 6.07) is 2.60. The highest BCUT2D eigenvalue weighted by Crippen LogP contribution is 2.51. The van der Waals surface area contributed by atoms with Crippen LogP contribution in [0.4, 0.5) is 17.6 Å². The molecule has 2 aromatic rings. The zero-order valence-electron chi connectivity index (χ0n) is 33.3. The van der Waals surface area contributed by atoms with Gasteiger partial charge in [0.1, 0.15) is 22.9 Å². The van der Waals surface area contributed by atoms with Crippen LogP contribution in [0.25, 0.3) is 10.9 Å². The number of halogens is 4. The van der Waals surface area contributed by atoms with E-state index in [1.165, 1.54) is 30.0 Å². The lowest BCUT2D eigenvalue weighted by atomic mass is 9.87. The topological polar surface area (TPSA) is 170 Å². The first-order valence-corrected chi connectivity index (χ1v) is 21.7. The van der Waals surface area contributed by atoms with Crippen LogP contribution < -0.4 is 19.5 Å². The van der Waals surface area contributed by atoms with Crippen LogP contribution in [0.5, 0.6) is 11.5 Å². The van der Waals surface area contributed by atoms with E-state index in [1.54, 1.807) is 6.08 Å². The molecular formula is C41H50F4N4O9S. The van der Waals surface area contributed by atoms with E-state index in [9.17, 15) is 45.2 Å². The zero-order chi connectivity index (χ0) is 42.5. The van der Waals surface area contributed by atoms with Crippen molar-refractivity contribution in [3.8, 4) is 11.5 Å². The van der Waals surface area contributed by atoms with Crippen molar-refractivity contribution in [1.29, 1.82) is 0 Å². The zero-order valence-corrected chi connectivity index (χ0v) is 34.1. The number of benzene rings is 1. The SMILES string of the molecule is CC(C)COC(=O)C[C@H]1CCCCC/C=C\[C@@H]2C[C@@]2(C(=O)NS(=O)(=O)C2(C)CC2)NC(=O)[C@@H]2C[C@]3(CCc4c(c(C(F)(F)F)nc5ccc(OCF)cc45)O3)CN2C1=O. The van der Waals surface area contributed by atoms with Crippen molar-refractivity contribution in [2.45, 2.75) is 126 Å². The molecular weight excluding hydrogens is 801 g/mol. The number of aryl methyl sites for hydroxylation is 1. The summed E-state index contributed by atoms with van der Waals surface area (Å²) in [6.45, 7) is 3.88. The van der Waals surface area contributed by atoms with Crippen LogP contribution in [0.1, 0.15) is 103 Å². The van der Waals surface area contributed by atoms with Gasteiger partial charge in [-0.1, -0.05) is 38.8 Å². The van der Waals surface area contributed by atoms with Gasteiger partial charge in [0, 0.05) is 29.2 Å². The minimum absolute atomic E-state index is 0.00627. The highest BCUT2D eigenvalue weighted by atomic mass is 32.2. The number of allylic oxidation sites excluding steroid dienone is 1. The summed E-state index contributed by atoms with van der Waals surface area (Å²) in [5.74, 6) is -4.94. The van der Waals surface area contributed by atoms with Crippen LogP contribution in [0, 0.1) is 17.8 Å². The van der Waals surface area contributed by atoms with Gasteiger partial charge in [-0.05, 0) is 82.4 Å². The van der Waals surface area contributed by atoms with Gasteiger partial charge in [-0.2, -0.15) is 13.2 Å². The first-order valence-electron chi connectivity index (χ1n) is 20.2. The summed E-state index contributed by atoms with van der Waals surface area (Å²) in [5, 5.41) is 3.04. The number of amides is 3. The molecule has 7 rings (SSSR count). The van der Waals surface area contributed by atoms with Crippen LogP contribution in [0.15, 0.2) is 30.4 Å². The molecule has 0 unspecified atom stereocenters. The number of fused-ring (bicyclic) bond motifs is 5. The molecule has 1 saturated heterocycles. The van der Waals surface area contributed by atoms with Gasteiger partial charge in [-0.25, -0.2) is 17.8 Å². The van der Waals surface area contributed by atoms with E-state index in [4.69, 9.17) is 14.2 Å². The van der Waals surface area contributed by atoms with Gasteiger partial charge in [0.2, 0.25) is 28.7 Å². The van der Waals surface area contributed by atoms with E-state index >= 15 is 0 Å². The monoisotopic (exact) mass is 850 g/mol. The maximum atomic E-state index is 14.7. The number of nitrogens with one attached hydrogen (secondary N) is 2. The van der Waals surface area contributed by atoms with Gasteiger partial charge in [0.15, 0.2) is 11.4 Å². The summed E-state index contributed by atoms with van der Waals surface area (Å²) in [7, 11) is -4.10. The number of ether oxygens (including phenoxy) is 3. The van der Waals surface area contributed by atoms with E-state index in [1.807, 2.05) is 19.9 Å². The first kappa shape index (κ1) is 42.6. The molecule has 5 aliphatic rings. The van der Waals surface area contributed by atoms with Crippen LogP contribution >= 0.6 is 0 Å². The van der Waals surface area contributed by atoms with Crippen molar-refractivity contribution in [2.75, 3.05) is 20.0 Å². The molecule has 0 bridgehead atoms. The van der Waals surface area contributed by atoms with E-state index in [2.05, 4.69) is 15.0 Å². The number of hydrogen-bond acceptors (Lipinski definition) is 10. The number of rotatable bonds is 9. The third kappa shape index (κ3) is 8.60. The smallest absolute Gasteiger partial charge is 0.437 e. The Kier molecular flexibility index (Phi) is 11.5. The average Bonchev–Trinajstić information content (AvgIpc) is 4.06. The van der Waals surface area contributed by atoms with E-state index < -0.39 is 92.0 Å². The van der Waals surface area contributed by atoms with Gasteiger partial charge in [0.05, 0.1) is 29.8 Å². The Labute approximate surface area is 340 Å². The maximum absolute atomic E-state index is 14.7. The lowest BCUT2D eigenvalue weighted by molar-refractivity contribution is -0.151. The molecule has 322 valence electrons. The summed E-state index contributed by atoms with van der Waals surface area (Å²) >= 11 is 0. The largest absolute Gasteiger partial charge is 0.483 e. The summed E-state index contributed by atoms with van der Waals surface area (Å²) in [4.78, 5) is 61.5. The Morgan fingerprint density at radius 2 is 1.88 bits per heavy atom. The van der Waals surface area contributed by atoms with E-state index in [0.717, 1.165) is 0 Å². The van der Waals surface area contributed by atoms with Crippen molar-refractivity contribution in [1.82, 2.24) is 19.9 Å². The first-order chi connectivity index (χ1) is 27.8. The van der Waals surface area contributed by atoms with Crippen LogP contribution in [0.2, 0.25) is 0 Å². The van der Waals surface area contributed by atoms with Crippen molar-refractivity contribution in [3.63, 3.8) is 0 Å². The number of carbonyl (C=O) groups excluding carboxylic acids is 4. The molecule has 18 heteroatoms. The fourth-order valence-electron chi connectivity index (χ4n) is 8.51. The summed E-state index contributed by atoms with van der Waals surface area (Å²) < 4.78 is 102. The van der Waals surface area contributed by atoms with E-state index in [0.29, 0.717) is 38.5 Å². The third-order valence-corrected chi connectivity index (χ3v) is 14.5. The molecule has 4 heterocycles. The fourth-order valence-corrected chi connectivity index (χ4v) is 9.82. The Bertz CT molecular complexity index is 2160. The normalized spacial score (nSPS) is 28.6. The molecule has 3 amide bonds. The summed E-state index contributed by atoms with van der Waals surface area (Å²) in [6.07, 6.45) is 1.78. The van der Waals surface area contributed by atoms with Gasteiger partial charge >= 0.3 is 12.1 Å². The molecule has 1 aromatic heterocycles. The van der Waals surface area contributed by atoms with Crippen molar-refractivity contribution < 1.29 is 59.4 Å². The molecule has 1 aromatic carbocycles. The Hall–Kier alpha value is -4.48. The predicted octanol–water partition coefficient (Wildman–Crippen LogP) is 5.82. The van der Waals surface area contributed by atoms with Crippen molar-refractivity contribution >= 4 is 44.6 Å². The quantitative estimate of drug-likeness (QED) is 0.178. The van der Waals surface area contributed by atoms with Crippen LogP contribution in [0.3, 0.4) is 0 Å². The minimum atomic E-state index is -4.98. The number of alkyl halides is 4. The van der Waals surface area contributed by atoms with Gasteiger partial charge in [-0.3, -0.25) is 23.9 Å². The number of aromatic nitrogens is 1. The molecule has 2 aliphatic carbocycles. The molecule has 3 aliphatic heterocycles. The van der Waals surface area contributed by atoms with Crippen LogP contribution in [-0.2, 0) is 46.5 Å². The van der Waals surface area contributed by atoms with Crippen molar-refractivity contribution in [2.24, 2.45) is 17.8 Å². The molecule has 59 heavy (non-hydrogen) atoms. The van der Waals surface area contributed by atoms with Gasteiger partial charge in [-0.15, -0.1) is 0 Å². The number of nitrogens with zero attached hydrogens (tertiary/aromatic N) is 2. The molecule has 0 radical (unpaired) electrons. The molecule has 2 N–H and O–H groups in total. The molecule has 1 spiro atoms. The molecule has 3 fully saturated rings. The van der Waals surface area contributed by atoms with Crippen molar-refractivity contribution in [3.05, 3.63) is 41.6 Å². The highest BCUT2D eigenvalue weighted by Gasteiger charge is 2.64. The standard InChI is InChI=1S/C41H50F4N4O9S/c1-24(2)21-56-32(50)17-25-9-7-5-4-6-8-10-26-19-40(26,37(53)48-59(54,55)38(3)15-16-38)47-35(51)31-20-39(22-49(31)36(25)52)14-13-28-29-18-27(57-23-42)11-12-30(29)46-34(33(28)58-39)41(43,44)45/h8,10-12,18,24-26,31H,4-7,9,13-17,19-23H2,1-3H3,(H,47,51)(H,48,53)/b10-8-/t25-,26-,31+,39-,40-/m1/s1. The minimum Gasteiger partial charge on any atom is -0.483 e. The Morgan fingerprint density at radius 3 is 2.58 bits per heavy atom. The molecule has 13 nitrogen and oxygen atoms in total. The second-order valence-corrected chi connectivity index (χ2v) is 19.6. The van der Waals surface area contributed by atoms with Gasteiger partial charge in [0.25, 0.3) is 5.91 Å². The number of sulfonamides is 1. The lowest BCUT2D eigenvalue weighted by Crippen LogP contribution is -2.57. The second kappa shape index (κ2) is 15.8. The maximum Gasteiger partial charge on any atom is 0.437 e. The second-order valence-electron chi connectivity index (χ2n) is 17.4. The number of carbonyl (C=O) groups is 4. The lowest BCUT2D eigenvalue weighted by Gasteiger charge is -2.37. The van der Waals surface area contributed by atoms with Crippen LogP contribution in [-0.4, -0.2) is 83.9 Å². The molecule has 2 saturated carbocycles. The average molecular weight is 851 g/mol. The Balaban J connectivity index is 1.26. The Morgan fingerprint density at radius 1 is 1.12 bits per heavy atom.